The number of benzene rings is 2. The number of anilines is 1. The molecule has 1 aromatic heterocycles. The summed E-state index contributed by atoms with van der Waals surface area (Å²) in [5, 5.41) is 11.2. The number of aromatic hydroxyl groups is 1. The molecule has 0 spiro atoms. The first-order valence-corrected chi connectivity index (χ1v) is 7.56. The van der Waals surface area contributed by atoms with Gasteiger partial charge in [0.15, 0.2) is 0 Å². The van der Waals surface area contributed by atoms with Crippen LogP contribution >= 0.6 is 0 Å². The zero-order valence-corrected chi connectivity index (χ0v) is 13.8. The number of nitrogens with two attached hydrogens (primary N) is 1. The van der Waals surface area contributed by atoms with Crippen molar-refractivity contribution in [2.75, 3.05) is 5.73 Å². The van der Waals surface area contributed by atoms with E-state index in [9.17, 15) is 9.90 Å². The fourth-order valence-electron chi connectivity index (χ4n) is 2.72. The lowest BCUT2D eigenvalue weighted by Crippen LogP contribution is -2.13. The minimum Gasteiger partial charge on any atom is -0.506 e. The molecule has 1 heterocycles. The van der Waals surface area contributed by atoms with Gasteiger partial charge in [-0.2, -0.15) is 0 Å². The van der Waals surface area contributed by atoms with E-state index < -0.39 is 5.63 Å². The van der Waals surface area contributed by atoms with Crippen molar-refractivity contribution in [2.24, 2.45) is 4.99 Å². The van der Waals surface area contributed by atoms with Gasteiger partial charge in [-0.25, -0.2) is 4.79 Å². The highest BCUT2D eigenvalue weighted by Crippen LogP contribution is 2.32. The van der Waals surface area contributed by atoms with Gasteiger partial charge in [-0.05, 0) is 44.0 Å². The Morgan fingerprint density at radius 1 is 1.12 bits per heavy atom. The van der Waals surface area contributed by atoms with Gasteiger partial charge in [0.05, 0.1) is 22.5 Å². The topological polar surface area (TPSA) is 88.8 Å². The maximum absolute atomic E-state index is 12.4. The number of hydrogen-bond donors (Lipinski definition) is 2. The van der Waals surface area contributed by atoms with Gasteiger partial charge in [-0.15, -0.1) is 0 Å². The third-order valence-electron chi connectivity index (χ3n) is 4.02. The van der Waals surface area contributed by atoms with Crippen LogP contribution < -0.4 is 11.4 Å². The van der Waals surface area contributed by atoms with Crippen molar-refractivity contribution in [3.63, 3.8) is 0 Å². The number of nitrogen functional groups attached to an aromatic ring is 1. The van der Waals surface area contributed by atoms with Crippen LogP contribution in [0.25, 0.3) is 11.0 Å². The lowest BCUT2D eigenvalue weighted by atomic mass is 10.0. The van der Waals surface area contributed by atoms with E-state index in [0.717, 1.165) is 11.1 Å². The zero-order chi connectivity index (χ0) is 17.4. The van der Waals surface area contributed by atoms with Crippen molar-refractivity contribution in [3.05, 3.63) is 63.5 Å². The highest BCUT2D eigenvalue weighted by atomic mass is 16.4. The largest absolute Gasteiger partial charge is 0.506 e. The molecule has 122 valence electrons. The second-order valence-corrected chi connectivity index (χ2v) is 5.77. The molecule has 0 atom stereocenters. The summed E-state index contributed by atoms with van der Waals surface area (Å²) < 4.78 is 5.45. The van der Waals surface area contributed by atoms with Crippen molar-refractivity contribution in [1.29, 1.82) is 0 Å². The second-order valence-electron chi connectivity index (χ2n) is 5.77. The monoisotopic (exact) mass is 322 g/mol. The molecule has 3 rings (SSSR count). The normalized spacial score (nSPS) is 11.9. The first-order chi connectivity index (χ1) is 11.4. The van der Waals surface area contributed by atoms with Gasteiger partial charge in [-0.3, -0.25) is 4.99 Å². The number of aliphatic imine (C=N–C) groups is 1. The van der Waals surface area contributed by atoms with Crippen LogP contribution in [0.4, 0.5) is 11.4 Å². The lowest BCUT2D eigenvalue weighted by Gasteiger charge is -2.10. The molecule has 0 fully saturated rings. The van der Waals surface area contributed by atoms with Crippen LogP contribution in [0, 0.1) is 13.8 Å². The van der Waals surface area contributed by atoms with Crippen LogP contribution in [-0.2, 0) is 0 Å². The standard InChI is InChI=1S/C19H18N2O3/c1-10-8-9-11(2)18-15(10)17(22)16(19(23)24-18)12(3)21-14-7-5-4-6-13(14)20/h4-9,22H,20H2,1-3H3. The first-order valence-electron chi connectivity index (χ1n) is 7.56. The van der Waals surface area contributed by atoms with Gasteiger partial charge in [0.1, 0.15) is 16.9 Å². The summed E-state index contributed by atoms with van der Waals surface area (Å²) in [6, 6.07) is 10.8. The fraction of sp³-hybridized carbons (Fsp3) is 0.158. The number of hydrogen-bond acceptors (Lipinski definition) is 5. The molecular formula is C19H18N2O3. The summed E-state index contributed by atoms with van der Waals surface area (Å²) in [5.74, 6) is -0.113. The average Bonchev–Trinajstić information content (AvgIpc) is 2.53. The highest BCUT2D eigenvalue weighted by Gasteiger charge is 2.19. The Morgan fingerprint density at radius 3 is 2.50 bits per heavy atom. The number of aryl methyl sites for hydroxylation is 2. The Morgan fingerprint density at radius 2 is 1.79 bits per heavy atom. The van der Waals surface area contributed by atoms with Gasteiger partial charge < -0.3 is 15.3 Å². The summed E-state index contributed by atoms with van der Waals surface area (Å²) in [6.45, 7) is 5.33. The summed E-state index contributed by atoms with van der Waals surface area (Å²) in [7, 11) is 0. The summed E-state index contributed by atoms with van der Waals surface area (Å²) in [6.07, 6.45) is 0. The summed E-state index contributed by atoms with van der Waals surface area (Å²) in [5.41, 5.74) is 8.71. The summed E-state index contributed by atoms with van der Waals surface area (Å²) in [4.78, 5) is 16.8. The predicted octanol–water partition coefficient (Wildman–Crippen LogP) is 3.84. The molecular weight excluding hydrogens is 304 g/mol. The van der Waals surface area contributed by atoms with E-state index in [-0.39, 0.29) is 11.3 Å². The Bertz CT molecular complexity index is 1030. The van der Waals surface area contributed by atoms with E-state index in [0.29, 0.717) is 28.1 Å². The van der Waals surface area contributed by atoms with Gasteiger partial charge in [0, 0.05) is 0 Å². The molecule has 0 amide bonds. The Labute approximate surface area is 139 Å². The van der Waals surface area contributed by atoms with Crippen LogP contribution in [0.3, 0.4) is 0 Å². The molecule has 3 aromatic rings. The molecule has 0 bridgehead atoms. The van der Waals surface area contributed by atoms with Crippen molar-refractivity contribution >= 4 is 28.1 Å². The molecule has 0 aliphatic carbocycles. The van der Waals surface area contributed by atoms with E-state index >= 15 is 0 Å². The summed E-state index contributed by atoms with van der Waals surface area (Å²) >= 11 is 0. The van der Waals surface area contributed by atoms with Crippen molar-refractivity contribution in [1.82, 2.24) is 0 Å². The molecule has 0 unspecified atom stereocenters. The minimum atomic E-state index is -0.621. The van der Waals surface area contributed by atoms with Crippen molar-refractivity contribution < 1.29 is 9.52 Å². The van der Waals surface area contributed by atoms with E-state index in [1.165, 1.54) is 0 Å². The van der Waals surface area contributed by atoms with Crippen LogP contribution in [0.2, 0.25) is 0 Å². The Kier molecular flexibility index (Phi) is 3.85. The van der Waals surface area contributed by atoms with Gasteiger partial charge in [0.25, 0.3) is 0 Å². The smallest absolute Gasteiger partial charge is 0.349 e. The van der Waals surface area contributed by atoms with E-state index in [4.69, 9.17) is 10.2 Å². The molecule has 0 radical (unpaired) electrons. The molecule has 5 heteroatoms. The van der Waals surface area contributed by atoms with Crippen LogP contribution in [-0.4, -0.2) is 10.8 Å². The van der Waals surface area contributed by atoms with Gasteiger partial charge in [-0.1, -0.05) is 24.3 Å². The van der Waals surface area contributed by atoms with Crippen LogP contribution in [0.1, 0.15) is 23.6 Å². The quantitative estimate of drug-likeness (QED) is 0.426. The predicted molar refractivity (Wildman–Crippen MR) is 96.3 cm³/mol. The molecule has 0 aliphatic rings. The van der Waals surface area contributed by atoms with E-state index in [2.05, 4.69) is 4.99 Å². The first kappa shape index (κ1) is 15.8. The van der Waals surface area contributed by atoms with Gasteiger partial charge >= 0.3 is 5.63 Å². The number of fused-ring (bicyclic) bond motifs is 1. The lowest BCUT2D eigenvalue weighted by molar-refractivity contribution is 0.465. The molecule has 2 aromatic carbocycles. The van der Waals surface area contributed by atoms with Crippen LogP contribution in [0.15, 0.2) is 50.6 Å². The zero-order valence-electron chi connectivity index (χ0n) is 13.8. The molecule has 0 saturated heterocycles. The Balaban J connectivity index is 2.29. The van der Waals surface area contributed by atoms with Crippen molar-refractivity contribution in [2.45, 2.75) is 20.8 Å². The third kappa shape index (κ3) is 2.54. The SMILES string of the molecule is CC(=Nc1ccccc1N)c1c(O)c2c(C)ccc(C)c2oc1=O. The average molecular weight is 322 g/mol. The fourth-order valence-corrected chi connectivity index (χ4v) is 2.72. The molecule has 24 heavy (non-hydrogen) atoms. The highest BCUT2D eigenvalue weighted by molar-refractivity contribution is 6.06. The number of nitrogens with zero attached hydrogens (tertiary/aromatic N) is 1. The molecule has 0 aliphatic heterocycles. The third-order valence-corrected chi connectivity index (χ3v) is 4.02. The molecule has 5 nitrogen and oxygen atoms in total. The number of para-hydroxylation sites is 2. The second kappa shape index (κ2) is 5.85. The van der Waals surface area contributed by atoms with Crippen molar-refractivity contribution in [3.8, 4) is 5.75 Å². The Hall–Kier alpha value is -3.08. The maximum atomic E-state index is 12.4. The van der Waals surface area contributed by atoms with Crippen LogP contribution in [0.5, 0.6) is 5.75 Å². The maximum Gasteiger partial charge on any atom is 0.349 e. The molecule has 3 N–H and O–H groups in total. The van der Waals surface area contributed by atoms with Gasteiger partial charge in [0.2, 0.25) is 0 Å². The number of rotatable bonds is 2. The minimum absolute atomic E-state index is 0.0550. The van der Waals surface area contributed by atoms with E-state index in [1.54, 1.807) is 31.2 Å². The molecule has 0 saturated carbocycles. The van der Waals surface area contributed by atoms with E-state index in [1.807, 2.05) is 26.0 Å².